The van der Waals surface area contributed by atoms with Gasteiger partial charge in [-0.2, -0.15) is 0 Å². The Balaban J connectivity index is 2.59. The zero-order valence-electron chi connectivity index (χ0n) is 8.43. The number of aliphatic hydroxyl groups excluding tert-OH is 2. The molecular formula is C10H18N2O2. The van der Waals surface area contributed by atoms with Crippen molar-refractivity contribution in [3.8, 4) is 0 Å². The normalized spacial score (nSPS) is 15.4. The summed E-state index contributed by atoms with van der Waals surface area (Å²) in [7, 11) is 0. The highest BCUT2D eigenvalue weighted by atomic mass is 16.3. The van der Waals surface area contributed by atoms with Crippen molar-refractivity contribution in [3.05, 3.63) is 24.0 Å². The van der Waals surface area contributed by atoms with Crippen LogP contribution in [0.4, 0.5) is 0 Å². The van der Waals surface area contributed by atoms with Crippen molar-refractivity contribution in [2.24, 2.45) is 5.73 Å². The summed E-state index contributed by atoms with van der Waals surface area (Å²) in [6, 6.07) is 2.00. The van der Waals surface area contributed by atoms with Crippen LogP contribution < -0.4 is 5.73 Å². The first-order valence-corrected chi connectivity index (χ1v) is 4.87. The summed E-state index contributed by atoms with van der Waals surface area (Å²) >= 11 is 0. The van der Waals surface area contributed by atoms with Gasteiger partial charge in [0.15, 0.2) is 0 Å². The van der Waals surface area contributed by atoms with E-state index in [1.54, 1.807) is 0 Å². The smallest absolute Gasteiger partial charge is 0.0949 e. The van der Waals surface area contributed by atoms with Gasteiger partial charge in [-0.15, -0.1) is 0 Å². The van der Waals surface area contributed by atoms with E-state index in [1.165, 1.54) is 0 Å². The van der Waals surface area contributed by atoms with Gasteiger partial charge >= 0.3 is 0 Å². The number of nitrogens with two attached hydrogens (primary N) is 1. The molecule has 0 aliphatic carbocycles. The van der Waals surface area contributed by atoms with Gasteiger partial charge in [-0.3, -0.25) is 0 Å². The lowest BCUT2D eigenvalue weighted by Gasteiger charge is -2.08. The molecule has 0 spiro atoms. The fourth-order valence-electron chi connectivity index (χ4n) is 1.33. The molecule has 0 bridgehead atoms. The first kappa shape index (κ1) is 11.2. The Hall–Kier alpha value is -0.840. The van der Waals surface area contributed by atoms with Gasteiger partial charge in [0.25, 0.3) is 0 Å². The molecule has 4 nitrogen and oxygen atoms in total. The number of hydrogen-bond acceptors (Lipinski definition) is 3. The quantitative estimate of drug-likeness (QED) is 0.635. The van der Waals surface area contributed by atoms with Crippen LogP contribution in [-0.4, -0.2) is 27.5 Å². The molecule has 14 heavy (non-hydrogen) atoms. The van der Waals surface area contributed by atoms with E-state index < -0.39 is 6.10 Å². The van der Waals surface area contributed by atoms with Crippen LogP contribution in [0.25, 0.3) is 0 Å². The molecule has 1 aromatic heterocycles. The van der Waals surface area contributed by atoms with Crippen LogP contribution in [0.15, 0.2) is 18.5 Å². The SMILES string of the molecule is CCC(N)c1ccn(CC(O)CO)c1. The van der Waals surface area contributed by atoms with Crippen molar-refractivity contribution < 1.29 is 10.2 Å². The van der Waals surface area contributed by atoms with Gasteiger partial charge in [-0.05, 0) is 18.1 Å². The van der Waals surface area contributed by atoms with Crippen LogP contribution in [0.2, 0.25) is 0 Å². The van der Waals surface area contributed by atoms with E-state index in [4.69, 9.17) is 10.8 Å². The highest BCUT2D eigenvalue weighted by Crippen LogP contribution is 2.13. The number of nitrogens with zero attached hydrogens (tertiary/aromatic N) is 1. The van der Waals surface area contributed by atoms with Crippen LogP contribution in [0.1, 0.15) is 24.9 Å². The van der Waals surface area contributed by atoms with Gasteiger partial charge in [0.1, 0.15) is 0 Å². The Kier molecular flexibility index (Phi) is 4.13. The van der Waals surface area contributed by atoms with E-state index >= 15 is 0 Å². The van der Waals surface area contributed by atoms with E-state index in [0.29, 0.717) is 6.54 Å². The number of hydrogen-bond donors (Lipinski definition) is 3. The molecule has 2 unspecified atom stereocenters. The zero-order valence-corrected chi connectivity index (χ0v) is 8.43. The van der Waals surface area contributed by atoms with Gasteiger partial charge in [-0.1, -0.05) is 6.92 Å². The summed E-state index contributed by atoms with van der Waals surface area (Å²) < 4.78 is 1.84. The molecule has 2 atom stereocenters. The third-order valence-electron chi connectivity index (χ3n) is 2.27. The second-order valence-corrected chi connectivity index (χ2v) is 3.49. The minimum atomic E-state index is -0.701. The number of aromatic nitrogens is 1. The highest BCUT2D eigenvalue weighted by molar-refractivity contribution is 5.14. The van der Waals surface area contributed by atoms with E-state index in [0.717, 1.165) is 12.0 Å². The predicted molar refractivity (Wildman–Crippen MR) is 54.7 cm³/mol. The molecule has 0 aromatic carbocycles. The maximum absolute atomic E-state index is 9.21. The summed E-state index contributed by atoms with van der Waals surface area (Å²) in [6.07, 6.45) is 3.97. The average Bonchev–Trinajstić information content (AvgIpc) is 2.65. The molecule has 0 saturated carbocycles. The minimum absolute atomic E-state index is 0.0579. The van der Waals surface area contributed by atoms with Gasteiger partial charge < -0.3 is 20.5 Å². The summed E-state index contributed by atoms with van der Waals surface area (Å²) in [5.74, 6) is 0. The molecule has 0 saturated heterocycles. The summed E-state index contributed by atoms with van der Waals surface area (Å²) in [6.45, 7) is 2.23. The molecule has 80 valence electrons. The van der Waals surface area contributed by atoms with Crippen molar-refractivity contribution in [3.63, 3.8) is 0 Å². The maximum atomic E-state index is 9.21. The predicted octanol–water partition coefficient (Wildman–Crippen LogP) is 0.251. The first-order chi connectivity index (χ1) is 6.67. The van der Waals surface area contributed by atoms with E-state index in [2.05, 4.69) is 0 Å². The summed E-state index contributed by atoms with van der Waals surface area (Å²) in [5.41, 5.74) is 6.91. The van der Waals surface area contributed by atoms with E-state index in [1.807, 2.05) is 30.0 Å². The second kappa shape index (κ2) is 5.14. The zero-order chi connectivity index (χ0) is 10.6. The largest absolute Gasteiger partial charge is 0.394 e. The Morgan fingerprint density at radius 2 is 2.29 bits per heavy atom. The Morgan fingerprint density at radius 3 is 2.86 bits per heavy atom. The number of rotatable bonds is 5. The van der Waals surface area contributed by atoms with Crippen LogP contribution in [0.3, 0.4) is 0 Å². The lowest BCUT2D eigenvalue weighted by molar-refractivity contribution is 0.0813. The standard InChI is InChI=1S/C10H18N2O2/c1-2-10(11)8-3-4-12(5-8)6-9(14)7-13/h3-5,9-10,13-14H,2,6-7,11H2,1H3. The van der Waals surface area contributed by atoms with Crippen LogP contribution >= 0.6 is 0 Å². The van der Waals surface area contributed by atoms with Gasteiger partial charge in [0, 0.05) is 18.4 Å². The monoisotopic (exact) mass is 198 g/mol. The summed E-state index contributed by atoms with van der Waals surface area (Å²) in [5, 5.41) is 17.9. The topological polar surface area (TPSA) is 71.4 Å². The molecule has 0 aliphatic heterocycles. The van der Waals surface area contributed by atoms with E-state index in [-0.39, 0.29) is 12.6 Å². The molecule has 4 heteroatoms. The molecular weight excluding hydrogens is 180 g/mol. The fourth-order valence-corrected chi connectivity index (χ4v) is 1.33. The van der Waals surface area contributed by atoms with Gasteiger partial charge in [-0.25, -0.2) is 0 Å². The second-order valence-electron chi connectivity index (χ2n) is 3.49. The molecule has 1 aromatic rings. The molecule has 1 heterocycles. The average molecular weight is 198 g/mol. The molecule has 0 amide bonds. The lowest BCUT2D eigenvalue weighted by Crippen LogP contribution is -2.18. The molecule has 0 fully saturated rings. The van der Waals surface area contributed by atoms with Crippen LogP contribution in [0, 0.1) is 0 Å². The Morgan fingerprint density at radius 1 is 1.57 bits per heavy atom. The Bertz CT molecular complexity index is 273. The third kappa shape index (κ3) is 2.83. The van der Waals surface area contributed by atoms with Crippen LogP contribution in [-0.2, 0) is 6.54 Å². The summed E-state index contributed by atoms with van der Waals surface area (Å²) in [4.78, 5) is 0. The van der Waals surface area contributed by atoms with Crippen LogP contribution in [0.5, 0.6) is 0 Å². The van der Waals surface area contributed by atoms with Crippen molar-refractivity contribution in [2.75, 3.05) is 6.61 Å². The van der Waals surface area contributed by atoms with E-state index in [9.17, 15) is 5.11 Å². The van der Waals surface area contributed by atoms with Crippen molar-refractivity contribution in [1.29, 1.82) is 0 Å². The highest BCUT2D eigenvalue weighted by Gasteiger charge is 2.07. The Labute approximate surface area is 84.0 Å². The first-order valence-electron chi connectivity index (χ1n) is 4.87. The van der Waals surface area contributed by atoms with Crippen molar-refractivity contribution in [1.82, 2.24) is 4.57 Å². The fraction of sp³-hybridized carbons (Fsp3) is 0.600. The number of aliphatic hydroxyl groups is 2. The van der Waals surface area contributed by atoms with Crippen molar-refractivity contribution >= 4 is 0 Å². The van der Waals surface area contributed by atoms with Gasteiger partial charge in [0.2, 0.25) is 0 Å². The molecule has 1 rings (SSSR count). The molecule has 4 N–H and O–H groups in total. The van der Waals surface area contributed by atoms with Gasteiger partial charge in [0.05, 0.1) is 19.3 Å². The third-order valence-corrected chi connectivity index (χ3v) is 2.27. The maximum Gasteiger partial charge on any atom is 0.0949 e. The molecule has 0 aliphatic rings. The minimum Gasteiger partial charge on any atom is -0.394 e. The van der Waals surface area contributed by atoms with Crippen molar-refractivity contribution in [2.45, 2.75) is 32.0 Å². The molecule has 0 radical (unpaired) electrons. The lowest BCUT2D eigenvalue weighted by atomic mass is 10.1.